The molecule has 0 aliphatic carbocycles. The van der Waals surface area contributed by atoms with E-state index in [1.165, 1.54) is 26.4 Å². The van der Waals surface area contributed by atoms with Gasteiger partial charge in [-0.05, 0) is 86.3 Å². The van der Waals surface area contributed by atoms with Crippen LogP contribution in [0.5, 0.6) is 11.5 Å². The van der Waals surface area contributed by atoms with Crippen molar-refractivity contribution in [1.29, 1.82) is 0 Å². The highest BCUT2D eigenvalue weighted by atomic mass is 19.1. The Balaban J connectivity index is 0.451. The Bertz CT molecular complexity index is 5180. The zero-order chi connectivity index (χ0) is 84.6. The monoisotopic (exact) mass is 1640 g/mol. The number of nitrogens with zero attached hydrogens (tertiary/aromatic N) is 8. The zero-order valence-corrected chi connectivity index (χ0v) is 68.1. The molecular weight excluding hydrogens is 1540 g/mol. The van der Waals surface area contributed by atoms with Crippen LogP contribution in [0.15, 0.2) is 94.5 Å². The number of anilines is 2. The molecule has 119 heavy (non-hydrogen) atoms. The van der Waals surface area contributed by atoms with E-state index in [-0.39, 0.29) is 135 Å². The summed E-state index contributed by atoms with van der Waals surface area (Å²) in [5.41, 5.74) is 5.19. The first-order valence-corrected chi connectivity index (χ1v) is 40.4. The van der Waals surface area contributed by atoms with Crippen molar-refractivity contribution in [3.8, 4) is 34.3 Å². The van der Waals surface area contributed by atoms with Crippen molar-refractivity contribution in [3.63, 3.8) is 0 Å². The predicted octanol–water partition coefficient (Wildman–Crippen LogP) is 4.66. The number of benzene rings is 4. The van der Waals surface area contributed by atoms with Crippen molar-refractivity contribution < 1.29 is 85.3 Å². The van der Waals surface area contributed by atoms with Gasteiger partial charge in [0.25, 0.3) is 11.1 Å². The van der Waals surface area contributed by atoms with Crippen molar-refractivity contribution in [2.45, 2.75) is 142 Å². The van der Waals surface area contributed by atoms with E-state index in [4.69, 9.17) is 28.9 Å². The Labute approximate surface area is 684 Å². The van der Waals surface area contributed by atoms with Gasteiger partial charge in [-0.1, -0.05) is 38.1 Å². The third-order valence-corrected chi connectivity index (χ3v) is 24.3. The maximum absolute atomic E-state index is 15.3. The van der Waals surface area contributed by atoms with Crippen LogP contribution in [0, 0.1) is 11.6 Å². The molecule has 0 unspecified atom stereocenters. The number of quaternary nitrogens is 2. The SMILES string of the molecule is CC[C@@]1(O)C(=O)OCc2c1cc1n(c2=O)Cc2c-1nc1cc(F)c(OC)cc1c2CN1CC[N+](C)(Cc2ccc(NC(=O)[C@H](C)NC(=O)CCC(=O)NCCNCCNC(=O)CCC(=O)N[C@@H](C)C(=O)Nc3ccc(C[N+]4(C)CCN(Cc5c6c(nc7cc(F)c(OC)cc57)-c5cc7c(c(=O)n5C6)COC(=O)[C@]7(O)CC)CC4)cc3)cc2)CC1. The van der Waals surface area contributed by atoms with Crippen LogP contribution in [0.25, 0.3) is 44.6 Å². The number of rotatable bonds is 30. The fourth-order valence-corrected chi connectivity index (χ4v) is 16.9. The maximum Gasteiger partial charge on any atom is 0.343 e. The smallest absolute Gasteiger partial charge is 0.343 e. The third kappa shape index (κ3) is 17.4. The number of aromatic nitrogens is 4. The summed E-state index contributed by atoms with van der Waals surface area (Å²) < 4.78 is 56.7. The van der Waals surface area contributed by atoms with E-state index in [1.807, 2.05) is 48.5 Å². The number of likely N-dealkylation sites (N-methyl/N-ethyl adjacent to an activating group) is 2. The average molecular weight is 1640 g/mol. The quantitative estimate of drug-likeness (QED) is 0.0168. The van der Waals surface area contributed by atoms with Crippen LogP contribution in [-0.2, 0) is 112 Å². The molecule has 2 fully saturated rings. The second-order valence-corrected chi connectivity index (χ2v) is 32.5. The van der Waals surface area contributed by atoms with Crippen molar-refractivity contribution in [2.24, 2.45) is 0 Å². The van der Waals surface area contributed by atoms with E-state index in [0.29, 0.717) is 95.2 Å². The number of fused-ring (bicyclic) bond motifs is 10. The molecule has 0 spiro atoms. The Hall–Kier alpha value is -11.5. The Morgan fingerprint density at radius 1 is 0.529 bits per heavy atom. The molecule has 4 aromatic carbocycles. The molecule has 8 aromatic rings. The van der Waals surface area contributed by atoms with Crippen molar-refractivity contribution >= 4 is 80.6 Å². The third-order valence-electron chi connectivity index (χ3n) is 24.3. The highest BCUT2D eigenvalue weighted by Gasteiger charge is 2.48. The number of esters is 2. The number of cyclic esters (lactones) is 2. The second-order valence-electron chi connectivity index (χ2n) is 32.5. The normalized spacial score (nSPS) is 18.7. The standard InChI is InChI=1S/C86H99F2N15O16/c1-9-85(114)63-37-69-77-59(43-100(69)81(110)61(63)47-118-83(85)112)57(55-35-71(116-7)65(87)39-67(55)96-77)41-98-27-31-102(5,32-28-98)45-51-11-15-53(16-12-51)94-79(108)49(3)92-75(106)21-19-73(104)90-25-23-89-24-26-91-74(105)20-22-76(107)93-50(4)80(109)95-54-17-13-52(14-18-54)46-103(6)33-29-99(30-34-103)42-58-56-36-72(117-8)66(88)40-68(56)97-78-60(58)44-101-70(78)38-64-62(82(101)111)48-119-84(113)86(64,115)10-2/h11-18,35-40,49-50,89,114-115H,9-10,19-34,41-48H2,1-8H3,(H4-2,90,91,92,93,94,95,104,105,106,107,108,109)/p+2/t49-,50-,85-,86-/m0/s1. The maximum atomic E-state index is 15.3. The summed E-state index contributed by atoms with van der Waals surface area (Å²) in [6, 6.07) is 22.6. The summed E-state index contributed by atoms with van der Waals surface area (Å²) in [7, 11) is 7.19. The Morgan fingerprint density at radius 2 is 0.899 bits per heavy atom. The van der Waals surface area contributed by atoms with Gasteiger partial charge in [0.15, 0.2) is 34.3 Å². The molecule has 10 heterocycles. The number of amides is 6. The molecule has 0 saturated carbocycles. The number of carbonyl (C=O) groups is 8. The number of halogens is 2. The molecule has 4 aromatic heterocycles. The van der Waals surface area contributed by atoms with E-state index < -0.39 is 70.5 Å². The number of pyridine rings is 4. The molecule has 6 amide bonds. The highest BCUT2D eigenvalue weighted by molar-refractivity contribution is 5.99. The molecule has 628 valence electrons. The van der Waals surface area contributed by atoms with Gasteiger partial charge in [0.05, 0.1) is 113 Å². The van der Waals surface area contributed by atoms with Crippen LogP contribution < -0.4 is 57.8 Å². The largest absolute Gasteiger partial charge is 0.494 e. The van der Waals surface area contributed by atoms with Gasteiger partial charge in [0.2, 0.25) is 35.4 Å². The number of carbonyl (C=O) groups excluding carboxylic acids is 8. The molecule has 2 saturated heterocycles. The number of ether oxygens (including phenoxy) is 4. The Morgan fingerprint density at radius 3 is 1.26 bits per heavy atom. The van der Waals surface area contributed by atoms with E-state index in [2.05, 4.69) is 61.1 Å². The summed E-state index contributed by atoms with van der Waals surface area (Å²) >= 11 is 0. The van der Waals surface area contributed by atoms with Crippen LogP contribution in [0.3, 0.4) is 0 Å². The fraction of sp³-hybridized carbons (Fsp3) is 0.442. The first kappa shape index (κ1) is 84.0. The lowest BCUT2D eigenvalue weighted by Crippen LogP contribution is -2.56. The molecular formula is C86H101F2N15O16+2. The van der Waals surface area contributed by atoms with Crippen LogP contribution >= 0.6 is 0 Å². The molecule has 31 nitrogen and oxygen atoms in total. The molecule has 9 N–H and O–H groups in total. The molecule has 0 bridgehead atoms. The van der Waals surface area contributed by atoms with E-state index in [0.717, 1.165) is 94.7 Å². The topological polar surface area (TPSA) is 374 Å². The van der Waals surface area contributed by atoms with Gasteiger partial charge in [-0.3, -0.25) is 48.2 Å². The minimum Gasteiger partial charge on any atom is -0.494 e. The summed E-state index contributed by atoms with van der Waals surface area (Å²) in [6.07, 6.45) is -0.501. The molecule has 33 heteroatoms. The first-order valence-electron chi connectivity index (χ1n) is 40.4. The van der Waals surface area contributed by atoms with Crippen LogP contribution in [0.1, 0.15) is 122 Å². The minimum atomic E-state index is -2.00. The highest BCUT2D eigenvalue weighted by Crippen LogP contribution is 2.45. The Kier molecular flexibility index (Phi) is 24.3. The lowest BCUT2D eigenvalue weighted by atomic mass is 9.86. The summed E-state index contributed by atoms with van der Waals surface area (Å²) in [4.78, 5) is 146. The first-order chi connectivity index (χ1) is 56.9. The minimum absolute atomic E-state index is 0.00110. The summed E-state index contributed by atoms with van der Waals surface area (Å²) in [5.74, 6) is -5.22. The van der Waals surface area contributed by atoms with Crippen molar-refractivity contribution in [1.82, 2.24) is 55.5 Å². The van der Waals surface area contributed by atoms with Crippen LogP contribution in [0.4, 0.5) is 20.2 Å². The zero-order valence-electron chi connectivity index (χ0n) is 68.1. The van der Waals surface area contributed by atoms with Gasteiger partial charge in [-0.15, -0.1) is 0 Å². The lowest BCUT2D eigenvalue weighted by Gasteiger charge is -2.42. The number of piperazine rings is 2. The van der Waals surface area contributed by atoms with Gasteiger partial charge in [-0.2, -0.15) is 0 Å². The average Bonchev–Trinajstić information content (AvgIpc) is 1.61. The molecule has 4 atom stereocenters. The molecule has 6 aliphatic heterocycles. The number of methoxy groups -OCH3 is 2. The number of hydrogen-bond donors (Lipinski definition) is 9. The van der Waals surface area contributed by atoms with E-state index in [1.54, 1.807) is 61.1 Å². The summed E-state index contributed by atoms with van der Waals surface area (Å²) in [5, 5.41) is 43.9. The van der Waals surface area contributed by atoms with Gasteiger partial charge in [0.1, 0.15) is 38.4 Å². The molecule has 6 aliphatic rings. The predicted molar refractivity (Wildman–Crippen MR) is 435 cm³/mol. The van der Waals surface area contributed by atoms with Gasteiger partial charge < -0.3 is 84.5 Å². The van der Waals surface area contributed by atoms with Crippen molar-refractivity contribution in [2.75, 3.05) is 117 Å². The molecule has 0 radical (unpaired) electrons. The fourth-order valence-electron chi connectivity index (χ4n) is 16.9. The lowest BCUT2D eigenvalue weighted by molar-refractivity contribution is -0.926. The number of nitrogens with one attached hydrogen (secondary N) is 7. The second kappa shape index (κ2) is 34.5. The van der Waals surface area contributed by atoms with Crippen molar-refractivity contribution in [3.05, 3.63) is 173 Å². The molecule has 14 rings (SSSR count). The van der Waals surface area contributed by atoms with E-state index in [9.17, 15) is 58.2 Å². The number of aliphatic hydroxyl groups is 2. The summed E-state index contributed by atoms with van der Waals surface area (Å²) in [6.45, 7) is 15.9. The van der Waals surface area contributed by atoms with Gasteiger partial charge >= 0.3 is 11.9 Å². The van der Waals surface area contributed by atoms with Gasteiger partial charge in [0, 0.05) is 159 Å². The van der Waals surface area contributed by atoms with Gasteiger partial charge in [-0.25, -0.2) is 28.3 Å². The van der Waals surface area contributed by atoms with E-state index >= 15 is 8.78 Å². The van der Waals surface area contributed by atoms with Crippen LogP contribution in [0.2, 0.25) is 0 Å². The van der Waals surface area contributed by atoms with Crippen LogP contribution in [-0.4, -0.2) is 214 Å². The number of hydrogen-bond acceptors (Lipinski definition) is 21.